The Bertz CT molecular complexity index is 529. The number of ether oxygens (including phenoxy) is 1. The van der Waals surface area contributed by atoms with Crippen molar-refractivity contribution in [3.63, 3.8) is 0 Å². The van der Waals surface area contributed by atoms with Gasteiger partial charge in [0.1, 0.15) is 12.4 Å². The van der Waals surface area contributed by atoms with Gasteiger partial charge in [0.05, 0.1) is 0 Å². The van der Waals surface area contributed by atoms with E-state index in [2.05, 4.69) is 49.3 Å². The summed E-state index contributed by atoms with van der Waals surface area (Å²) in [7, 11) is 0. The first kappa shape index (κ1) is 15.5. The van der Waals surface area contributed by atoms with Crippen molar-refractivity contribution < 1.29 is 4.74 Å². The second kappa shape index (κ2) is 7.23. The van der Waals surface area contributed by atoms with E-state index in [1.807, 2.05) is 24.4 Å². The van der Waals surface area contributed by atoms with Crippen LogP contribution in [-0.2, 0) is 12.0 Å². The van der Waals surface area contributed by atoms with Crippen LogP contribution in [0.4, 0.5) is 0 Å². The molecule has 0 bridgehead atoms. The van der Waals surface area contributed by atoms with Gasteiger partial charge in [0.15, 0.2) is 0 Å². The molecular weight excluding hydrogens is 260 g/mol. The fraction of sp³-hybridized carbons (Fsp3) is 0.389. The molecule has 0 aliphatic carbocycles. The van der Waals surface area contributed by atoms with Crippen LogP contribution < -0.4 is 10.1 Å². The molecule has 21 heavy (non-hydrogen) atoms. The van der Waals surface area contributed by atoms with Crippen molar-refractivity contribution in [2.24, 2.45) is 0 Å². The van der Waals surface area contributed by atoms with Crippen molar-refractivity contribution >= 4 is 0 Å². The standard InChI is InChI=1S/C18H24N2O/c1-18(2,3)16-6-8-17(9-7-16)21-12-11-20-14-15-5-4-10-19-13-15/h4-10,13,20H,11-12,14H2,1-3H3. The molecule has 3 nitrogen and oxygen atoms in total. The summed E-state index contributed by atoms with van der Waals surface area (Å²) in [6.45, 7) is 8.94. The van der Waals surface area contributed by atoms with Crippen LogP contribution in [0.25, 0.3) is 0 Å². The van der Waals surface area contributed by atoms with Crippen molar-refractivity contribution in [2.75, 3.05) is 13.2 Å². The van der Waals surface area contributed by atoms with Gasteiger partial charge in [0.25, 0.3) is 0 Å². The topological polar surface area (TPSA) is 34.1 Å². The van der Waals surface area contributed by atoms with Crippen LogP contribution in [0.1, 0.15) is 31.9 Å². The molecule has 0 saturated heterocycles. The van der Waals surface area contributed by atoms with E-state index in [4.69, 9.17) is 4.74 Å². The average molecular weight is 284 g/mol. The monoisotopic (exact) mass is 284 g/mol. The Hall–Kier alpha value is -1.87. The summed E-state index contributed by atoms with van der Waals surface area (Å²) < 4.78 is 5.73. The van der Waals surface area contributed by atoms with Gasteiger partial charge in [-0.15, -0.1) is 0 Å². The zero-order valence-corrected chi connectivity index (χ0v) is 13.1. The largest absolute Gasteiger partial charge is 0.492 e. The number of hydrogen-bond donors (Lipinski definition) is 1. The van der Waals surface area contributed by atoms with Crippen LogP contribution in [0.2, 0.25) is 0 Å². The van der Waals surface area contributed by atoms with Gasteiger partial charge < -0.3 is 10.1 Å². The molecule has 1 N–H and O–H groups in total. The van der Waals surface area contributed by atoms with Crippen molar-refractivity contribution in [1.82, 2.24) is 10.3 Å². The summed E-state index contributed by atoms with van der Waals surface area (Å²) >= 11 is 0. The van der Waals surface area contributed by atoms with E-state index in [0.717, 1.165) is 18.8 Å². The lowest BCUT2D eigenvalue weighted by atomic mass is 9.87. The highest BCUT2D eigenvalue weighted by Crippen LogP contribution is 2.24. The molecule has 0 fully saturated rings. The lowest BCUT2D eigenvalue weighted by molar-refractivity contribution is 0.313. The van der Waals surface area contributed by atoms with E-state index in [-0.39, 0.29) is 5.41 Å². The van der Waals surface area contributed by atoms with Gasteiger partial charge in [-0.1, -0.05) is 39.0 Å². The molecule has 0 unspecified atom stereocenters. The van der Waals surface area contributed by atoms with Gasteiger partial charge in [-0.2, -0.15) is 0 Å². The number of benzene rings is 1. The molecule has 0 atom stereocenters. The van der Waals surface area contributed by atoms with Crippen LogP contribution in [0, 0.1) is 0 Å². The van der Waals surface area contributed by atoms with Gasteiger partial charge in [-0.3, -0.25) is 4.98 Å². The summed E-state index contributed by atoms with van der Waals surface area (Å²) in [6.07, 6.45) is 3.66. The molecule has 0 spiro atoms. The maximum Gasteiger partial charge on any atom is 0.119 e. The number of nitrogens with one attached hydrogen (secondary N) is 1. The minimum absolute atomic E-state index is 0.184. The first-order chi connectivity index (χ1) is 10.1. The summed E-state index contributed by atoms with van der Waals surface area (Å²) in [6, 6.07) is 12.4. The Kier molecular flexibility index (Phi) is 5.34. The van der Waals surface area contributed by atoms with Crippen LogP contribution in [0.3, 0.4) is 0 Å². The fourth-order valence-electron chi connectivity index (χ4n) is 2.03. The van der Waals surface area contributed by atoms with Crippen LogP contribution in [-0.4, -0.2) is 18.1 Å². The Labute approximate surface area is 127 Å². The molecule has 1 aromatic heterocycles. The maximum atomic E-state index is 5.73. The fourth-order valence-corrected chi connectivity index (χ4v) is 2.03. The number of pyridine rings is 1. The van der Waals surface area contributed by atoms with E-state index < -0.39 is 0 Å². The summed E-state index contributed by atoms with van der Waals surface area (Å²) in [5.74, 6) is 0.922. The highest BCUT2D eigenvalue weighted by atomic mass is 16.5. The number of nitrogens with zero attached hydrogens (tertiary/aromatic N) is 1. The first-order valence-electron chi connectivity index (χ1n) is 7.39. The molecule has 0 saturated carbocycles. The quantitative estimate of drug-likeness (QED) is 0.824. The van der Waals surface area contributed by atoms with Crippen molar-refractivity contribution in [1.29, 1.82) is 0 Å². The predicted octanol–water partition coefficient (Wildman–Crippen LogP) is 3.55. The summed E-state index contributed by atoms with van der Waals surface area (Å²) in [5.41, 5.74) is 2.70. The van der Waals surface area contributed by atoms with Gasteiger partial charge in [-0.05, 0) is 34.7 Å². The molecule has 1 aromatic carbocycles. The Morgan fingerprint density at radius 2 is 1.86 bits per heavy atom. The minimum Gasteiger partial charge on any atom is -0.492 e. The number of aromatic nitrogens is 1. The lowest BCUT2D eigenvalue weighted by Crippen LogP contribution is -2.20. The molecule has 2 aromatic rings. The van der Waals surface area contributed by atoms with Gasteiger partial charge in [-0.25, -0.2) is 0 Å². The van der Waals surface area contributed by atoms with Crippen LogP contribution >= 0.6 is 0 Å². The predicted molar refractivity (Wildman–Crippen MR) is 86.6 cm³/mol. The van der Waals surface area contributed by atoms with E-state index in [9.17, 15) is 0 Å². The zero-order chi connectivity index (χ0) is 15.1. The van der Waals surface area contributed by atoms with E-state index in [0.29, 0.717) is 6.61 Å². The third-order valence-corrected chi connectivity index (χ3v) is 3.32. The smallest absolute Gasteiger partial charge is 0.119 e. The molecule has 0 radical (unpaired) electrons. The van der Waals surface area contributed by atoms with Gasteiger partial charge in [0, 0.05) is 25.5 Å². The molecule has 0 aliphatic heterocycles. The van der Waals surface area contributed by atoms with Crippen LogP contribution in [0.15, 0.2) is 48.8 Å². The highest BCUT2D eigenvalue weighted by Gasteiger charge is 2.12. The lowest BCUT2D eigenvalue weighted by Gasteiger charge is -2.19. The average Bonchev–Trinajstić information content (AvgIpc) is 2.47. The molecule has 1 heterocycles. The van der Waals surface area contributed by atoms with Crippen LogP contribution in [0.5, 0.6) is 5.75 Å². The SMILES string of the molecule is CC(C)(C)c1ccc(OCCNCc2cccnc2)cc1. The third kappa shape index (κ3) is 5.20. The maximum absolute atomic E-state index is 5.73. The van der Waals surface area contributed by atoms with Gasteiger partial charge in [0.2, 0.25) is 0 Å². The van der Waals surface area contributed by atoms with Crippen molar-refractivity contribution in [3.8, 4) is 5.75 Å². The summed E-state index contributed by atoms with van der Waals surface area (Å²) in [5, 5.41) is 3.34. The molecular formula is C18H24N2O. The van der Waals surface area contributed by atoms with Crippen molar-refractivity contribution in [3.05, 3.63) is 59.9 Å². The molecule has 2 rings (SSSR count). The van der Waals surface area contributed by atoms with E-state index >= 15 is 0 Å². The normalized spacial score (nSPS) is 11.4. The highest BCUT2D eigenvalue weighted by molar-refractivity contribution is 5.31. The minimum atomic E-state index is 0.184. The van der Waals surface area contributed by atoms with Gasteiger partial charge >= 0.3 is 0 Å². The first-order valence-corrected chi connectivity index (χ1v) is 7.39. The Morgan fingerprint density at radius 3 is 2.48 bits per heavy atom. The van der Waals surface area contributed by atoms with E-state index in [1.165, 1.54) is 11.1 Å². The molecule has 3 heteroatoms. The zero-order valence-electron chi connectivity index (χ0n) is 13.1. The Balaban J connectivity index is 1.69. The molecule has 0 aliphatic rings. The number of rotatable bonds is 6. The second-order valence-corrected chi connectivity index (χ2v) is 6.16. The van der Waals surface area contributed by atoms with Crippen molar-refractivity contribution in [2.45, 2.75) is 32.7 Å². The van der Waals surface area contributed by atoms with E-state index in [1.54, 1.807) is 6.20 Å². The Morgan fingerprint density at radius 1 is 1.10 bits per heavy atom. The third-order valence-electron chi connectivity index (χ3n) is 3.32. The summed E-state index contributed by atoms with van der Waals surface area (Å²) in [4.78, 5) is 4.09. The second-order valence-electron chi connectivity index (χ2n) is 6.16. The number of hydrogen-bond acceptors (Lipinski definition) is 3. The molecule has 112 valence electrons. The molecule has 0 amide bonds.